The van der Waals surface area contributed by atoms with Gasteiger partial charge in [0.05, 0.1) is 0 Å². The molecule has 0 unspecified atom stereocenters. The van der Waals surface area contributed by atoms with Gasteiger partial charge in [0.2, 0.25) is 0 Å². The van der Waals surface area contributed by atoms with E-state index in [-0.39, 0.29) is 0 Å². The lowest BCUT2D eigenvalue weighted by Crippen LogP contribution is -2.21. The number of hydrogen-bond donors (Lipinski definition) is 1. The molecule has 13 heavy (non-hydrogen) atoms. The summed E-state index contributed by atoms with van der Waals surface area (Å²) >= 11 is 0. The Morgan fingerprint density at radius 1 is 0.769 bits per heavy atom. The number of unbranched alkanes of at least 4 members (excludes halogenated alkanes) is 5. The summed E-state index contributed by atoms with van der Waals surface area (Å²) in [5.41, 5.74) is 0. The predicted octanol–water partition coefficient (Wildman–Crippen LogP) is 3.45. The first-order valence-corrected chi connectivity index (χ1v) is 5.75. The van der Waals surface area contributed by atoms with Crippen LogP contribution in [0.3, 0.4) is 0 Å². The minimum Gasteiger partial charge on any atom is -0.314 e. The summed E-state index contributed by atoms with van der Waals surface area (Å²) in [4.78, 5) is 0. The van der Waals surface area contributed by atoms with Crippen LogP contribution in [-0.4, -0.2) is 23.4 Å². The van der Waals surface area contributed by atoms with Crippen LogP contribution < -0.4 is 0 Å². The molecule has 0 aliphatic carbocycles. The van der Waals surface area contributed by atoms with Gasteiger partial charge in [0.15, 0.2) is 0 Å². The first-order valence-electron chi connectivity index (χ1n) is 5.75. The van der Waals surface area contributed by atoms with Crippen molar-refractivity contribution < 1.29 is 5.21 Å². The molecular weight excluding hydrogens is 162 g/mol. The van der Waals surface area contributed by atoms with Crippen LogP contribution in [0, 0.1) is 0 Å². The molecule has 0 aliphatic heterocycles. The molecule has 0 saturated carbocycles. The van der Waals surface area contributed by atoms with Crippen LogP contribution >= 0.6 is 0 Å². The summed E-state index contributed by atoms with van der Waals surface area (Å²) < 4.78 is 0. The van der Waals surface area contributed by atoms with Gasteiger partial charge in [-0.1, -0.05) is 46.0 Å². The van der Waals surface area contributed by atoms with Crippen molar-refractivity contribution in [2.75, 3.05) is 13.1 Å². The Hall–Kier alpha value is -0.0800. The molecule has 0 rings (SSSR count). The zero-order chi connectivity index (χ0) is 9.94. The van der Waals surface area contributed by atoms with Crippen molar-refractivity contribution >= 4 is 0 Å². The molecule has 2 nitrogen and oxygen atoms in total. The molecule has 0 fully saturated rings. The standard InChI is InChI=1S/C11H25NO/c1-3-5-6-7-8-9-11-12(13)10-4-2/h13H,3-11H2,1-2H3. The Kier molecular flexibility index (Phi) is 9.94. The van der Waals surface area contributed by atoms with E-state index in [1.54, 1.807) is 0 Å². The highest BCUT2D eigenvalue weighted by atomic mass is 16.5. The first kappa shape index (κ1) is 12.9. The molecule has 0 aromatic heterocycles. The second-order valence-electron chi connectivity index (χ2n) is 3.72. The molecule has 0 aromatic rings. The van der Waals surface area contributed by atoms with Gasteiger partial charge in [-0.2, -0.15) is 5.06 Å². The van der Waals surface area contributed by atoms with E-state index >= 15 is 0 Å². The van der Waals surface area contributed by atoms with Crippen molar-refractivity contribution in [3.63, 3.8) is 0 Å². The second kappa shape index (κ2) is 10.0. The third kappa shape index (κ3) is 9.84. The number of hydroxylamine groups is 2. The maximum atomic E-state index is 9.29. The van der Waals surface area contributed by atoms with Crippen molar-refractivity contribution in [2.24, 2.45) is 0 Å². The Bertz CT molecular complexity index is 96.1. The van der Waals surface area contributed by atoms with E-state index in [0.29, 0.717) is 0 Å². The fourth-order valence-corrected chi connectivity index (χ4v) is 1.44. The number of hydrogen-bond acceptors (Lipinski definition) is 2. The second-order valence-corrected chi connectivity index (χ2v) is 3.72. The van der Waals surface area contributed by atoms with E-state index in [4.69, 9.17) is 0 Å². The molecule has 0 amide bonds. The average Bonchev–Trinajstić information content (AvgIpc) is 2.11. The van der Waals surface area contributed by atoms with E-state index in [9.17, 15) is 5.21 Å². The maximum Gasteiger partial charge on any atom is 0.0238 e. The van der Waals surface area contributed by atoms with E-state index < -0.39 is 0 Å². The molecular formula is C11H25NO. The van der Waals surface area contributed by atoms with Gasteiger partial charge in [-0.25, -0.2) is 0 Å². The van der Waals surface area contributed by atoms with Crippen LogP contribution in [0.25, 0.3) is 0 Å². The lowest BCUT2D eigenvalue weighted by molar-refractivity contribution is -0.0913. The smallest absolute Gasteiger partial charge is 0.0238 e. The van der Waals surface area contributed by atoms with Gasteiger partial charge in [-0.05, 0) is 12.8 Å². The van der Waals surface area contributed by atoms with Gasteiger partial charge in [-0.3, -0.25) is 0 Å². The topological polar surface area (TPSA) is 23.5 Å². The molecule has 0 aromatic carbocycles. The Balaban J connectivity index is 2.97. The van der Waals surface area contributed by atoms with Crippen LogP contribution in [0.4, 0.5) is 0 Å². The van der Waals surface area contributed by atoms with Crippen molar-refractivity contribution in [1.29, 1.82) is 0 Å². The van der Waals surface area contributed by atoms with Gasteiger partial charge >= 0.3 is 0 Å². The number of rotatable bonds is 9. The van der Waals surface area contributed by atoms with E-state index in [1.165, 1.54) is 37.2 Å². The highest BCUT2D eigenvalue weighted by Gasteiger charge is 1.97. The summed E-state index contributed by atoms with van der Waals surface area (Å²) in [6.45, 7) is 5.98. The van der Waals surface area contributed by atoms with Gasteiger partial charge < -0.3 is 5.21 Å². The van der Waals surface area contributed by atoms with Gasteiger partial charge in [0.25, 0.3) is 0 Å². The molecule has 0 atom stereocenters. The molecule has 2 heteroatoms. The van der Waals surface area contributed by atoms with E-state index in [1.807, 2.05) is 0 Å². The molecule has 0 radical (unpaired) electrons. The Morgan fingerprint density at radius 3 is 2.00 bits per heavy atom. The van der Waals surface area contributed by atoms with Crippen LogP contribution in [0.2, 0.25) is 0 Å². The monoisotopic (exact) mass is 187 g/mol. The highest BCUT2D eigenvalue weighted by Crippen LogP contribution is 2.05. The Morgan fingerprint density at radius 2 is 1.38 bits per heavy atom. The fourth-order valence-electron chi connectivity index (χ4n) is 1.44. The van der Waals surface area contributed by atoms with E-state index in [0.717, 1.165) is 25.9 Å². The summed E-state index contributed by atoms with van der Waals surface area (Å²) in [6, 6.07) is 0. The van der Waals surface area contributed by atoms with Crippen LogP contribution in [0.15, 0.2) is 0 Å². The van der Waals surface area contributed by atoms with Crippen LogP contribution in [0.1, 0.15) is 58.8 Å². The molecule has 0 bridgehead atoms. The molecule has 80 valence electrons. The van der Waals surface area contributed by atoms with Gasteiger partial charge in [-0.15, -0.1) is 0 Å². The van der Waals surface area contributed by atoms with Gasteiger partial charge in [0.1, 0.15) is 0 Å². The Labute approximate surface area is 82.9 Å². The fraction of sp³-hybridized carbons (Fsp3) is 1.00. The third-order valence-electron chi connectivity index (χ3n) is 2.25. The maximum absolute atomic E-state index is 9.29. The minimum absolute atomic E-state index is 0.814. The molecule has 0 heterocycles. The van der Waals surface area contributed by atoms with Crippen molar-refractivity contribution in [1.82, 2.24) is 5.06 Å². The summed E-state index contributed by atoms with van der Waals surface area (Å²) in [5.74, 6) is 0. The van der Waals surface area contributed by atoms with Crippen LogP contribution in [-0.2, 0) is 0 Å². The molecule has 0 spiro atoms. The lowest BCUT2D eigenvalue weighted by atomic mass is 10.1. The average molecular weight is 187 g/mol. The largest absolute Gasteiger partial charge is 0.314 e. The SMILES string of the molecule is CCCCCCCCN(O)CCC. The number of nitrogens with zero attached hydrogens (tertiary/aromatic N) is 1. The lowest BCUT2D eigenvalue weighted by Gasteiger charge is -2.12. The van der Waals surface area contributed by atoms with Crippen LogP contribution in [0.5, 0.6) is 0 Å². The minimum atomic E-state index is 0.814. The first-order chi connectivity index (χ1) is 6.31. The highest BCUT2D eigenvalue weighted by molar-refractivity contribution is 4.47. The van der Waals surface area contributed by atoms with Crippen molar-refractivity contribution in [2.45, 2.75) is 58.8 Å². The third-order valence-corrected chi connectivity index (χ3v) is 2.25. The molecule has 1 N–H and O–H groups in total. The predicted molar refractivity (Wildman–Crippen MR) is 57.0 cm³/mol. The summed E-state index contributed by atoms with van der Waals surface area (Å²) in [6.07, 6.45) is 8.79. The quantitative estimate of drug-likeness (QED) is 0.441. The zero-order valence-electron chi connectivity index (χ0n) is 9.26. The van der Waals surface area contributed by atoms with Gasteiger partial charge in [0, 0.05) is 13.1 Å². The summed E-state index contributed by atoms with van der Waals surface area (Å²) in [7, 11) is 0. The normalized spacial score (nSPS) is 11.1. The zero-order valence-corrected chi connectivity index (χ0v) is 9.26. The van der Waals surface area contributed by atoms with Crippen molar-refractivity contribution in [3.8, 4) is 0 Å². The van der Waals surface area contributed by atoms with Crippen molar-refractivity contribution in [3.05, 3.63) is 0 Å². The molecule has 0 saturated heterocycles. The molecule has 0 aliphatic rings. The van der Waals surface area contributed by atoms with E-state index in [2.05, 4.69) is 13.8 Å². The summed E-state index contributed by atoms with van der Waals surface area (Å²) in [5, 5.41) is 10.7.